The molecule has 2 amide bonds. The van der Waals surface area contributed by atoms with Gasteiger partial charge < -0.3 is 14.2 Å². The molecule has 0 fully saturated rings. The first kappa shape index (κ1) is 24.3. The SMILES string of the molecule is CCOc1ccccc1OCC(=O)NNC(=O)c1cn(-c2ccccc2)nc1-c1ccccc1OC. The molecular weight excluding hydrogens is 460 g/mol. The van der Waals surface area contributed by atoms with E-state index < -0.39 is 11.8 Å². The van der Waals surface area contributed by atoms with Gasteiger partial charge in [0.05, 0.1) is 25.0 Å². The van der Waals surface area contributed by atoms with E-state index in [0.717, 1.165) is 5.69 Å². The van der Waals surface area contributed by atoms with Crippen LogP contribution in [-0.4, -0.2) is 41.9 Å². The van der Waals surface area contributed by atoms with E-state index in [-0.39, 0.29) is 12.2 Å². The van der Waals surface area contributed by atoms with Gasteiger partial charge in [-0.25, -0.2) is 4.68 Å². The Bertz CT molecular complexity index is 1340. The molecule has 3 aromatic carbocycles. The van der Waals surface area contributed by atoms with Gasteiger partial charge in [-0.3, -0.25) is 20.4 Å². The highest BCUT2D eigenvalue weighted by Gasteiger charge is 2.21. The normalized spacial score (nSPS) is 10.4. The van der Waals surface area contributed by atoms with Gasteiger partial charge in [0, 0.05) is 11.8 Å². The van der Waals surface area contributed by atoms with Gasteiger partial charge in [-0.2, -0.15) is 5.10 Å². The van der Waals surface area contributed by atoms with Crippen LogP contribution in [0.25, 0.3) is 16.9 Å². The minimum absolute atomic E-state index is 0.256. The molecular formula is C27H26N4O5. The first-order valence-electron chi connectivity index (χ1n) is 11.3. The van der Waals surface area contributed by atoms with E-state index in [9.17, 15) is 9.59 Å². The molecule has 0 aliphatic rings. The predicted octanol–water partition coefficient (Wildman–Crippen LogP) is 3.79. The van der Waals surface area contributed by atoms with Crippen molar-refractivity contribution in [3.05, 3.63) is 90.6 Å². The molecule has 36 heavy (non-hydrogen) atoms. The van der Waals surface area contributed by atoms with E-state index >= 15 is 0 Å². The van der Waals surface area contributed by atoms with Crippen LogP contribution in [0, 0.1) is 0 Å². The van der Waals surface area contributed by atoms with Gasteiger partial charge in [0.15, 0.2) is 18.1 Å². The first-order valence-corrected chi connectivity index (χ1v) is 11.3. The molecule has 9 nitrogen and oxygen atoms in total. The summed E-state index contributed by atoms with van der Waals surface area (Å²) in [4.78, 5) is 25.5. The largest absolute Gasteiger partial charge is 0.496 e. The molecule has 0 radical (unpaired) electrons. The third-order valence-corrected chi connectivity index (χ3v) is 5.16. The van der Waals surface area contributed by atoms with E-state index in [1.807, 2.05) is 61.5 Å². The average molecular weight is 487 g/mol. The van der Waals surface area contributed by atoms with Gasteiger partial charge in [0.25, 0.3) is 11.8 Å². The fourth-order valence-electron chi connectivity index (χ4n) is 3.51. The molecule has 2 N–H and O–H groups in total. The summed E-state index contributed by atoms with van der Waals surface area (Å²) in [5.74, 6) is 0.454. The Morgan fingerprint density at radius 3 is 2.17 bits per heavy atom. The fraction of sp³-hybridized carbons (Fsp3) is 0.148. The molecule has 0 saturated heterocycles. The highest BCUT2D eigenvalue weighted by molar-refractivity contribution is 6.01. The number of rotatable bonds is 9. The van der Waals surface area contributed by atoms with Crippen LogP contribution in [0.4, 0.5) is 0 Å². The molecule has 1 aromatic heterocycles. The van der Waals surface area contributed by atoms with Gasteiger partial charge in [-0.15, -0.1) is 0 Å². The van der Waals surface area contributed by atoms with E-state index in [1.54, 1.807) is 42.3 Å². The quantitative estimate of drug-likeness (QED) is 0.349. The highest BCUT2D eigenvalue weighted by atomic mass is 16.5. The van der Waals surface area contributed by atoms with Crippen LogP contribution in [0.3, 0.4) is 0 Å². The molecule has 4 rings (SSSR count). The van der Waals surface area contributed by atoms with Crippen molar-refractivity contribution >= 4 is 11.8 Å². The van der Waals surface area contributed by atoms with Crippen LogP contribution >= 0.6 is 0 Å². The zero-order valence-corrected chi connectivity index (χ0v) is 19.9. The first-order chi connectivity index (χ1) is 17.6. The van der Waals surface area contributed by atoms with Gasteiger partial charge in [-0.1, -0.05) is 42.5 Å². The van der Waals surface area contributed by atoms with Crippen molar-refractivity contribution in [2.75, 3.05) is 20.3 Å². The minimum Gasteiger partial charge on any atom is -0.496 e. The number of hydrogen-bond acceptors (Lipinski definition) is 6. The number of carbonyl (C=O) groups is 2. The summed E-state index contributed by atoms with van der Waals surface area (Å²) in [6.07, 6.45) is 1.60. The number of nitrogens with one attached hydrogen (secondary N) is 2. The Hall–Kier alpha value is -4.79. The van der Waals surface area contributed by atoms with Crippen molar-refractivity contribution in [2.45, 2.75) is 6.92 Å². The third kappa shape index (κ3) is 5.64. The smallest absolute Gasteiger partial charge is 0.276 e. The molecule has 0 atom stereocenters. The number of benzene rings is 3. The van der Waals surface area contributed by atoms with E-state index in [4.69, 9.17) is 14.2 Å². The topological polar surface area (TPSA) is 104 Å². The maximum Gasteiger partial charge on any atom is 0.276 e. The number of hydrogen-bond donors (Lipinski definition) is 2. The Balaban J connectivity index is 1.50. The third-order valence-electron chi connectivity index (χ3n) is 5.16. The number of amides is 2. The van der Waals surface area contributed by atoms with E-state index in [1.165, 1.54) is 0 Å². The lowest BCUT2D eigenvalue weighted by Crippen LogP contribution is -2.43. The van der Waals surface area contributed by atoms with Crippen molar-refractivity contribution in [3.63, 3.8) is 0 Å². The second-order valence-corrected chi connectivity index (χ2v) is 7.54. The maximum atomic E-state index is 13.1. The lowest BCUT2D eigenvalue weighted by Gasteiger charge is -2.12. The summed E-state index contributed by atoms with van der Waals surface area (Å²) in [6.45, 7) is 2.01. The minimum atomic E-state index is -0.541. The Labute approximate surface area is 208 Å². The number of nitrogens with zero attached hydrogens (tertiary/aromatic N) is 2. The van der Waals surface area contributed by atoms with Crippen LogP contribution in [0.5, 0.6) is 17.2 Å². The van der Waals surface area contributed by atoms with Crippen LogP contribution in [0.2, 0.25) is 0 Å². The summed E-state index contributed by atoms with van der Waals surface area (Å²) in [5, 5.41) is 4.64. The molecule has 0 bridgehead atoms. The van der Waals surface area contributed by atoms with Crippen LogP contribution in [-0.2, 0) is 4.79 Å². The molecule has 1 heterocycles. The van der Waals surface area contributed by atoms with Gasteiger partial charge in [0.1, 0.15) is 11.4 Å². The molecule has 9 heteroatoms. The summed E-state index contributed by atoms with van der Waals surface area (Å²) in [7, 11) is 1.55. The maximum absolute atomic E-state index is 13.1. The van der Waals surface area contributed by atoms with Gasteiger partial charge in [-0.05, 0) is 43.3 Å². The van der Waals surface area contributed by atoms with Crippen molar-refractivity contribution < 1.29 is 23.8 Å². The number of hydrazine groups is 1. The predicted molar refractivity (Wildman–Crippen MR) is 134 cm³/mol. The summed E-state index contributed by atoms with van der Waals surface area (Å²) >= 11 is 0. The van der Waals surface area contributed by atoms with E-state index in [2.05, 4.69) is 16.0 Å². The van der Waals surface area contributed by atoms with Gasteiger partial charge in [0.2, 0.25) is 0 Å². The summed E-state index contributed by atoms with van der Waals surface area (Å²) in [5.41, 5.74) is 6.91. The number of methoxy groups -OCH3 is 1. The summed E-state index contributed by atoms with van der Waals surface area (Å²) in [6, 6.07) is 23.7. The Kier molecular flexibility index (Phi) is 7.82. The Morgan fingerprint density at radius 1 is 0.833 bits per heavy atom. The van der Waals surface area contributed by atoms with Crippen LogP contribution in [0.15, 0.2) is 85.1 Å². The number of para-hydroxylation sites is 4. The molecule has 0 spiro atoms. The lowest BCUT2D eigenvalue weighted by molar-refractivity contribution is -0.123. The number of aromatic nitrogens is 2. The zero-order valence-electron chi connectivity index (χ0n) is 19.9. The molecule has 184 valence electrons. The van der Waals surface area contributed by atoms with Crippen molar-refractivity contribution in [1.82, 2.24) is 20.6 Å². The lowest BCUT2D eigenvalue weighted by atomic mass is 10.1. The fourth-order valence-corrected chi connectivity index (χ4v) is 3.51. The molecule has 0 aliphatic carbocycles. The van der Waals surface area contributed by atoms with Gasteiger partial charge >= 0.3 is 0 Å². The number of carbonyl (C=O) groups excluding carboxylic acids is 2. The second kappa shape index (κ2) is 11.6. The molecule has 0 unspecified atom stereocenters. The van der Waals surface area contributed by atoms with E-state index in [0.29, 0.717) is 35.1 Å². The standard InChI is InChI=1S/C27H26N4O5/c1-3-35-23-15-9-10-16-24(23)36-18-25(32)28-29-27(33)21-17-31(19-11-5-4-6-12-19)30-26(21)20-13-7-8-14-22(20)34-2/h4-17H,3,18H2,1-2H3,(H,28,32)(H,29,33). The Morgan fingerprint density at radius 2 is 1.47 bits per heavy atom. The van der Waals surface area contributed by atoms with Crippen LogP contribution < -0.4 is 25.1 Å². The summed E-state index contributed by atoms with van der Waals surface area (Å²) < 4.78 is 18.1. The molecule has 0 aliphatic heterocycles. The average Bonchev–Trinajstić information content (AvgIpc) is 3.37. The van der Waals surface area contributed by atoms with Crippen molar-refractivity contribution in [2.24, 2.45) is 0 Å². The van der Waals surface area contributed by atoms with Crippen molar-refractivity contribution in [1.29, 1.82) is 0 Å². The monoisotopic (exact) mass is 486 g/mol. The molecule has 0 saturated carbocycles. The zero-order chi connectivity index (χ0) is 25.3. The van der Waals surface area contributed by atoms with Crippen LogP contribution in [0.1, 0.15) is 17.3 Å². The second-order valence-electron chi connectivity index (χ2n) is 7.54. The molecule has 4 aromatic rings. The number of ether oxygens (including phenoxy) is 3. The highest BCUT2D eigenvalue weighted by Crippen LogP contribution is 2.31. The van der Waals surface area contributed by atoms with Crippen molar-refractivity contribution in [3.8, 4) is 34.2 Å².